The predicted octanol–water partition coefficient (Wildman–Crippen LogP) is 2.06. The van der Waals surface area contributed by atoms with Gasteiger partial charge in [-0.25, -0.2) is 0 Å². The highest BCUT2D eigenvalue weighted by molar-refractivity contribution is 9.10. The van der Waals surface area contributed by atoms with E-state index in [9.17, 15) is 4.79 Å². The summed E-state index contributed by atoms with van der Waals surface area (Å²) in [5.41, 5.74) is 0. The largest absolute Gasteiger partial charge is 0.350 e. The zero-order valence-corrected chi connectivity index (χ0v) is 9.51. The number of rotatable bonds is 3. The number of hydrogen-bond donors (Lipinski definition) is 2. The lowest BCUT2D eigenvalue weighted by Gasteiger charge is -2.00. The molecule has 1 rings (SSSR count). The molecule has 0 spiro atoms. The minimum absolute atomic E-state index is 0.0429. The van der Waals surface area contributed by atoms with E-state index in [1.54, 1.807) is 11.3 Å². The van der Waals surface area contributed by atoms with E-state index < -0.39 is 0 Å². The van der Waals surface area contributed by atoms with Crippen LogP contribution in [-0.4, -0.2) is 11.7 Å². The van der Waals surface area contributed by atoms with Crippen LogP contribution in [0, 0.1) is 0 Å². The van der Waals surface area contributed by atoms with Crippen LogP contribution >= 0.6 is 39.9 Å². The van der Waals surface area contributed by atoms with Crippen molar-refractivity contribution in [3.05, 3.63) is 20.8 Å². The lowest BCUT2D eigenvalue weighted by Crippen LogP contribution is -2.23. The maximum absolute atomic E-state index is 10.8. The Bertz CT molecular complexity index is 274. The van der Waals surface area contributed by atoms with Gasteiger partial charge >= 0.3 is 0 Å². The van der Waals surface area contributed by atoms with Crippen molar-refractivity contribution in [2.45, 2.75) is 6.54 Å². The van der Waals surface area contributed by atoms with Crippen LogP contribution in [0.25, 0.3) is 0 Å². The highest BCUT2D eigenvalue weighted by Gasteiger charge is 2.02. The monoisotopic (exact) mass is 265 g/mol. The van der Waals surface area contributed by atoms with Crippen molar-refractivity contribution in [1.29, 1.82) is 0 Å². The van der Waals surface area contributed by atoms with Gasteiger partial charge in [-0.05, 0) is 27.4 Å². The van der Waals surface area contributed by atoms with E-state index in [0.717, 1.165) is 9.35 Å². The van der Waals surface area contributed by atoms with Crippen LogP contribution in [0.5, 0.6) is 0 Å². The average molecular weight is 266 g/mol. The Morgan fingerprint density at radius 1 is 1.75 bits per heavy atom. The Morgan fingerprint density at radius 3 is 3.00 bits per heavy atom. The molecule has 5 heteroatoms. The van der Waals surface area contributed by atoms with Crippen LogP contribution in [0.2, 0.25) is 0 Å². The van der Waals surface area contributed by atoms with Crippen molar-refractivity contribution in [1.82, 2.24) is 5.32 Å². The van der Waals surface area contributed by atoms with Crippen LogP contribution in [0.3, 0.4) is 0 Å². The van der Waals surface area contributed by atoms with E-state index in [4.69, 9.17) is 0 Å². The smallest absolute Gasteiger partial charge is 0.230 e. The summed E-state index contributed by atoms with van der Waals surface area (Å²) in [5, 5.41) is 4.72. The third-order valence-corrected chi connectivity index (χ3v) is 3.49. The van der Waals surface area contributed by atoms with Crippen molar-refractivity contribution >= 4 is 45.8 Å². The van der Waals surface area contributed by atoms with Gasteiger partial charge in [0.05, 0.1) is 12.3 Å². The average Bonchev–Trinajstić information content (AvgIpc) is 2.47. The topological polar surface area (TPSA) is 29.1 Å². The molecule has 1 heterocycles. The second-order valence-electron chi connectivity index (χ2n) is 2.13. The number of halogens is 1. The quantitative estimate of drug-likeness (QED) is 0.806. The number of hydrogen-bond acceptors (Lipinski definition) is 3. The summed E-state index contributed by atoms with van der Waals surface area (Å²) in [5.74, 6) is 0.196. The molecular formula is C7H8BrNOS2. The summed E-state index contributed by atoms with van der Waals surface area (Å²) in [6, 6.07) is 1.97. The molecule has 0 atom stereocenters. The molecule has 0 unspecified atom stereocenters. The summed E-state index contributed by atoms with van der Waals surface area (Å²) >= 11 is 8.85. The summed E-state index contributed by atoms with van der Waals surface area (Å²) < 4.78 is 1.05. The highest BCUT2D eigenvalue weighted by Crippen LogP contribution is 2.21. The van der Waals surface area contributed by atoms with Gasteiger partial charge in [-0.15, -0.1) is 11.3 Å². The van der Waals surface area contributed by atoms with Gasteiger partial charge in [-0.1, -0.05) is 0 Å². The molecule has 66 valence electrons. The molecule has 0 aliphatic heterocycles. The Kier molecular flexibility index (Phi) is 4.11. The molecule has 1 amide bonds. The van der Waals surface area contributed by atoms with Gasteiger partial charge in [0.25, 0.3) is 0 Å². The van der Waals surface area contributed by atoms with Gasteiger partial charge in [0.2, 0.25) is 5.91 Å². The first-order valence-corrected chi connectivity index (χ1v) is 5.64. The zero-order chi connectivity index (χ0) is 8.97. The standard InChI is InChI=1S/C7H8BrNOS2/c8-5-1-2-12-6(5)3-9-7(10)4-11/h1-2,11H,3-4H2,(H,9,10). The van der Waals surface area contributed by atoms with E-state index >= 15 is 0 Å². The van der Waals surface area contributed by atoms with Crippen molar-refractivity contribution < 1.29 is 4.79 Å². The molecule has 0 saturated carbocycles. The fraction of sp³-hybridized carbons (Fsp3) is 0.286. The zero-order valence-electron chi connectivity index (χ0n) is 6.21. The van der Waals surface area contributed by atoms with E-state index in [-0.39, 0.29) is 11.7 Å². The summed E-state index contributed by atoms with van der Waals surface area (Å²) in [7, 11) is 0. The summed E-state index contributed by atoms with van der Waals surface area (Å²) in [6.07, 6.45) is 0. The fourth-order valence-electron chi connectivity index (χ4n) is 0.686. The van der Waals surface area contributed by atoms with Crippen LogP contribution in [-0.2, 0) is 11.3 Å². The lowest BCUT2D eigenvalue weighted by molar-refractivity contribution is -0.118. The SMILES string of the molecule is O=C(CS)NCc1sccc1Br. The highest BCUT2D eigenvalue weighted by atomic mass is 79.9. The molecule has 12 heavy (non-hydrogen) atoms. The lowest BCUT2D eigenvalue weighted by atomic mass is 10.4. The van der Waals surface area contributed by atoms with E-state index in [0.29, 0.717) is 6.54 Å². The number of thiol groups is 1. The van der Waals surface area contributed by atoms with E-state index in [1.165, 1.54) is 0 Å². The summed E-state index contributed by atoms with van der Waals surface area (Å²) in [6.45, 7) is 0.581. The van der Waals surface area contributed by atoms with Crippen molar-refractivity contribution in [2.24, 2.45) is 0 Å². The van der Waals surface area contributed by atoms with Crippen molar-refractivity contribution in [3.63, 3.8) is 0 Å². The fourth-order valence-corrected chi connectivity index (χ4v) is 2.23. The first-order valence-electron chi connectivity index (χ1n) is 3.33. The number of carbonyl (C=O) groups is 1. The van der Waals surface area contributed by atoms with Gasteiger partial charge in [0, 0.05) is 9.35 Å². The third kappa shape index (κ3) is 2.80. The van der Waals surface area contributed by atoms with E-state index in [1.807, 2.05) is 11.4 Å². The Labute approximate surface area is 88.9 Å². The maximum Gasteiger partial charge on any atom is 0.230 e. The molecule has 0 fully saturated rings. The molecule has 0 saturated heterocycles. The Balaban J connectivity index is 2.43. The van der Waals surface area contributed by atoms with Crippen LogP contribution in [0.1, 0.15) is 4.88 Å². The van der Waals surface area contributed by atoms with Gasteiger partial charge in [0.15, 0.2) is 0 Å². The van der Waals surface area contributed by atoms with Crippen LogP contribution in [0.15, 0.2) is 15.9 Å². The number of amides is 1. The molecule has 0 aliphatic rings. The normalized spacial score (nSPS) is 9.83. The molecule has 0 aliphatic carbocycles. The first-order chi connectivity index (χ1) is 5.74. The maximum atomic E-state index is 10.8. The second-order valence-corrected chi connectivity index (χ2v) is 4.30. The van der Waals surface area contributed by atoms with Gasteiger partial charge in [0.1, 0.15) is 0 Å². The molecule has 0 radical (unpaired) electrons. The Morgan fingerprint density at radius 2 is 2.50 bits per heavy atom. The molecular weight excluding hydrogens is 258 g/mol. The van der Waals surface area contributed by atoms with Crippen molar-refractivity contribution in [2.75, 3.05) is 5.75 Å². The molecule has 1 N–H and O–H groups in total. The first kappa shape index (κ1) is 10.1. The Hall–Kier alpha value is -0.000000000000000111. The van der Waals surface area contributed by atoms with Crippen LogP contribution in [0.4, 0.5) is 0 Å². The number of nitrogens with one attached hydrogen (secondary N) is 1. The van der Waals surface area contributed by atoms with Gasteiger partial charge in [-0.3, -0.25) is 4.79 Å². The molecule has 0 bridgehead atoms. The van der Waals surface area contributed by atoms with Gasteiger partial charge < -0.3 is 5.32 Å². The minimum Gasteiger partial charge on any atom is -0.350 e. The summed E-state index contributed by atoms with van der Waals surface area (Å²) in [4.78, 5) is 11.9. The molecule has 2 nitrogen and oxygen atoms in total. The number of thiophene rings is 1. The van der Waals surface area contributed by atoms with Crippen LogP contribution < -0.4 is 5.32 Å². The predicted molar refractivity (Wildman–Crippen MR) is 57.7 cm³/mol. The van der Waals surface area contributed by atoms with Gasteiger partial charge in [-0.2, -0.15) is 12.6 Å². The molecule has 1 aromatic heterocycles. The third-order valence-electron chi connectivity index (χ3n) is 1.28. The molecule has 1 aromatic rings. The van der Waals surface area contributed by atoms with Crippen molar-refractivity contribution in [3.8, 4) is 0 Å². The van der Waals surface area contributed by atoms with E-state index in [2.05, 4.69) is 33.9 Å². The molecule has 0 aromatic carbocycles. The second kappa shape index (κ2) is 4.89. The number of carbonyl (C=O) groups excluding carboxylic acids is 1. The minimum atomic E-state index is -0.0429.